The van der Waals surface area contributed by atoms with Crippen LogP contribution < -0.4 is 0 Å². The van der Waals surface area contributed by atoms with Crippen molar-refractivity contribution in [3.05, 3.63) is 42.0 Å². The molecule has 0 N–H and O–H groups in total. The van der Waals surface area contributed by atoms with Gasteiger partial charge in [0.2, 0.25) is 0 Å². The minimum Gasteiger partial charge on any atom is -0.192 e. The van der Waals surface area contributed by atoms with Gasteiger partial charge in [-0.25, -0.2) is 0 Å². The van der Waals surface area contributed by atoms with Gasteiger partial charge in [0.05, 0.1) is 11.6 Å². The van der Waals surface area contributed by atoms with Gasteiger partial charge in [-0.05, 0) is 17.0 Å². The molecule has 1 aromatic carbocycles. The molecule has 1 aromatic rings. The number of hydrogen-bond donors (Lipinski definition) is 0. The van der Waals surface area contributed by atoms with Crippen molar-refractivity contribution in [3.63, 3.8) is 0 Å². The second-order valence-corrected chi connectivity index (χ2v) is 3.37. The molecule has 0 unspecified atom stereocenters. The van der Waals surface area contributed by atoms with Crippen molar-refractivity contribution in [3.8, 4) is 6.07 Å². The minimum atomic E-state index is 0.523. The summed E-state index contributed by atoms with van der Waals surface area (Å²) in [6.45, 7) is 7.95. The third-order valence-corrected chi connectivity index (χ3v) is 2.06. The maximum atomic E-state index is 8.62. The second kappa shape index (κ2) is 3.91. The van der Waals surface area contributed by atoms with Gasteiger partial charge in [-0.15, -0.1) is 0 Å². The Kier molecular flexibility index (Phi) is 2.87. The van der Waals surface area contributed by atoms with Gasteiger partial charge < -0.3 is 0 Å². The monoisotopic (exact) mass is 171 g/mol. The summed E-state index contributed by atoms with van der Waals surface area (Å²) in [5, 5.41) is 8.62. The first-order valence-corrected chi connectivity index (χ1v) is 4.34. The van der Waals surface area contributed by atoms with E-state index in [1.807, 2.05) is 30.3 Å². The first kappa shape index (κ1) is 9.54. The summed E-state index contributed by atoms with van der Waals surface area (Å²) in [6.07, 6.45) is 0. The van der Waals surface area contributed by atoms with E-state index in [0.29, 0.717) is 11.5 Å². The zero-order valence-corrected chi connectivity index (χ0v) is 8.04. The Morgan fingerprint density at radius 2 is 1.85 bits per heavy atom. The van der Waals surface area contributed by atoms with Crippen molar-refractivity contribution in [2.45, 2.75) is 19.8 Å². The molecule has 66 valence electrons. The topological polar surface area (TPSA) is 23.8 Å². The van der Waals surface area contributed by atoms with Crippen molar-refractivity contribution < 1.29 is 0 Å². The number of benzene rings is 1. The van der Waals surface area contributed by atoms with Crippen LogP contribution in [-0.4, -0.2) is 0 Å². The van der Waals surface area contributed by atoms with E-state index in [9.17, 15) is 0 Å². The Morgan fingerprint density at radius 1 is 1.31 bits per heavy atom. The van der Waals surface area contributed by atoms with Crippen molar-refractivity contribution >= 4 is 5.57 Å². The van der Waals surface area contributed by atoms with E-state index >= 15 is 0 Å². The summed E-state index contributed by atoms with van der Waals surface area (Å²) in [4.78, 5) is 0. The highest BCUT2D eigenvalue weighted by Gasteiger charge is 2.00. The van der Waals surface area contributed by atoms with Gasteiger partial charge in [0.15, 0.2) is 0 Å². The molecule has 1 rings (SSSR count). The molecule has 1 heteroatoms. The molecule has 0 radical (unpaired) electrons. The fraction of sp³-hybridized carbons (Fsp3) is 0.250. The van der Waals surface area contributed by atoms with Crippen molar-refractivity contribution in [2.75, 3.05) is 0 Å². The van der Waals surface area contributed by atoms with E-state index in [4.69, 9.17) is 5.26 Å². The van der Waals surface area contributed by atoms with E-state index in [1.165, 1.54) is 5.56 Å². The van der Waals surface area contributed by atoms with Gasteiger partial charge in [0.1, 0.15) is 0 Å². The first-order chi connectivity index (χ1) is 6.15. The molecule has 0 aromatic heterocycles. The van der Waals surface area contributed by atoms with Crippen LogP contribution in [0.4, 0.5) is 0 Å². The van der Waals surface area contributed by atoms with E-state index in [-0.39, 0.29) is 0 Å². The molecule has 0 amide bonds. The molecular formula is C12H13N. The van der Waals surface area contributed by atoms with Gasteiger partial charge in [-0.3, -0.25) is 0 Å². The van der Waals surface area contributed by atoms with Crippen molar-refractivity contribution in [1.82, 2.24) is 0 Å². The van der Waals surface area contributed by atoms with Gasteiger partial charge >= 0.3 is 0 Å². The number of hydrogen-bond acceptors (Lipinski definition) is 1. The molecule has 0 bridgehead atoms. The SMILES string of the molecule is C=C(C#N)c1ccc(C(C)C)cc1. The van der Waals surface area contributed by atoms with Crippen LogP contribution in [-0.2, 0) is 0 Å². The molecule has 0 aliphatic heterocycles. The summed E-state index contributed by atoms with van der Waals surface area (Å²) in [5.41, 5.74) is 2.72. The maximum absolute atomic E-state index is 8.62. The average molecular weight is 171 g/mol. The minimum absolute atomic E-state index is 0.523. The lowest BCUT2D eigenvalue weighted by molar-refractivity contribution is 0.866. The predicted octanol–water partition coefficient (Wildman–Crippen LogP) is 3.35. The van der Waals surface area contributed by atoms with Crippen LogP contribution in [0, 0.1) is 11.3 Å². The largest absolute Gasteiger partial charge is 0.192 e. The molecule has 0 saturated carbocycles. The molecule has 0 fully saturated rings. The lowest BCUT2D eigenvalue weighted by Crippen LogP contribution is -1.87. The lowest BCUT2D eigenvalue weighted by Gasteiger charge is -2.05. The van der Waals surface area contributed by atoms with Gasteiger partial charge in [0.25, 0.3) is 0 Å². The molecule has 0 heterocycles. The third kappa shape index (κ3) is 2.19. The van der Waals surface area contributed by atoms with Crippen LogP contribution >= 0.6 is 0 Å². The zero-order valence-electron chi connectivity index (χ0n) is 8.04. The Bertz CT molecular complexity index is 338. The first-order valence-electron chi connectivity index (χ1n) is 4.34. The fourth-order valence-corrected chi connectivity index (χ4v) is 1.13. The number of allylic oxidation sites excluding steroid dienone is 1. The second-order valence-electron chi connectivity index (χ2n) is 3.37. The van der Waals surface area contributed by atoms with Crippen LogP contribution in [0.3, 0.4) is 0 Å². The van der Waals surface area contributed by atoms with E-state index < -0.39 is 0 Å². The van der Waals surface area contributed by atoms with E-state index in [1.54, 1.807) is 0 Å². The standard InChI is InChI=1S/C12H13N/c1-9(2)11-4-6-12(7-5-11)10(3)8-13/h4-7,9H,3H2,1-2H3. The van der Waals surface area contributed by atoms with Crippen molar-refractivity contribution in [1.29, 1.82) is 5.26 Å². The Labute approximate surface area is 79.3 Å². The highest BCUT2D eigenvalue weighted by atomic mass is 14.2. The molecular weight excluding hydrogens is 158 g/mol. The molecule has 1 nitrogen and oxygen atoms in total. The summed E-state index contributed by atoms with van der Waals surface area (Å²) in [6, 6.07) is 10.0. The molecule has 13 heavy (non-hydrogen) atoms. The van der Waals surface area contributed by atoms with Gasteiger partial charge in [0, 0.05) is 0 Å². The maximum Gasteiger partial charge on any atom is 0.0991 e. The highest BCUT2D eigenvalue weighted by Crippen LogP contribution is 2.17. The predicted molar refractivity (Wildman–Crippen MR) is 55.2 cm³/mol. The van der Waals surface area contributed by atoms with Gasteiger partial charge in [-0.2, -0.15) is 5.26 Å². The Hall–Kier alpha value is -1.55. The molecule has 0 saturated heterocycles. The quantitative estimate of drug-likeness (QED) is 0.626. The van der Waals surface area contributed by atoms with E-state index in [0.717, 1.165) is 5.56 Å². The molecule has 0 aliphatic carbocycles. The van der Waals surface area contributed by atoms with Gasteiger partial charge in [-0.1, -0.05) is 44.7 Å². The van der Waals surface area contributed by atoms with Crippen molar-refractivity contribution in [2.24, 2.45) is 0 Å². The third-order valence-electron chi connectivity index (χ3n) is 2.06. The van der Waals surface area contributed by atoms with Crippen LogP contribution in [0.2, 0.25) is 0 Å². The number of rotatable bonds is 2. The number of nitriles is 1. The number of nitrogens with zero attached hydrogens (tertiary/aromatic N) is 1. The molecule has 0 aliphatic rings. The average Bonchev–Trinajstić information content (AvgIpc) is 2.17. The lowest BCUT2D eigenvalue weighted by atomic mass is 10.00. The van der Waals surface area contributed by atoms with Crippen LogP contribution in [0.15, 0.2) is 30.8 Å². The normalized spacial score (nSPS) is 9.69. The van der Waals surface area contributed by atoms with Crippen LogP contribution in [0.25, 0.3) is 5.57 Å². The summed E-state index contributed by atoms with van der Waals surface area (Å²) >= 11 is 0. The Balaban J connectivity index is 2.95. The smallest absolute Gasteiger partial charge is 0.0991 e. The molecule has 0 atom stereocenters. The zero-order chi connectivity index (χ0) is 9.84. The summed E-state index contributed by atoms with van der Waals surface area (Å²) in [7, 11) is 0. The van der Waals surface area contributed by atoms with E-state index in [2.05, 4.69) is 20.4 Å². The van der Waals surface area contributed by atoms with Crippen LogP contribution in [0.1, 0.15) is 30.9 Å². The highest BCUT2D eigenvalue weighted by molar-refractivity contribution is 5.74. The Morgan fingerprint density at radius 3 is 2.23 bits per heavy atom. The molecule has 0 spiro atoms. The summed E-state index contributed by atoms with van der Waals surface area (Å²) < 4.78 is 0. The fourth-order valence-electron chi connectivity index (χ4n) is 1.13. The van der Waals surface area contributed by atoms with Crippen LogP contribution in [0.5, 0.6) is 0 Å². The summed E-state index contributed by atoms with van der Waals surface area (Å²) in [5.74, 6) is 0.532.